The van der Waals surface area contributed by atoms with E-state index >= 15 is 0 Å². The number of anilines is 1. The van der Waals surface area contributed by atoms with Gasteiger partial charge in [0, 0.05) is 38.3 Å². The molecular formula is C13H16IN3O2. The summed E-state index contributed by atoms with van der Waals surface area (Å²) in [5.41, 5.74) is 2.19. The van der Waals surface area contributed by atoms with Gasteiger partial charge in [-0.1, -0.05) is 0 Å². The van der Waals surface area contributed by atoms with E-state index in [-0.39, 0.29) is 11.7 Å². The highest BCUT2D eigenvalue weighted by atomic mass is 127. The normalized spacial score (nSPS) is 21.4. The maximum atomic E-state index is 11.2. The molecule has 1 amide bonds. The van der Waals surface area contributed by atoms with Crippen LogP contribution in [0.4, 0.5) is 10.5 Å². The van der Waals surface area contributed by atoms with Gasteiger partial charge in [0.05, 0.1) is 15.8 Å². The molecule has 1 N–H and O–H groups in total. The third-order valence-electron chi connectivity index (χ3n) is 3.91. The molecule has 2 fully saturated rings. The maximum Gasteiger partial charge on any atom is 0.407 e. The highest BCUT2D eigenvalue weighted by Crippen LogP contribution is 2.34. The summed E-state index contributed by atoms with van der Waals surface area (Å²) >= 11 is 2.33. The van der Waals surface area contributed by atoms with E-state index in [9.17, 15) is 4.79 Å². The average molecular weight is 373 g/mol. The number of hydrogen-bond acceptors (Lipinski definition) is 4. The second kappa shape index (κ2) is 4.81. The van der Waals surface area contributed by atoms with E-state index < -0.39 is 0 Å². The van der Waals surface area contributed by atoms with Crippen molar-refractivity contribution in [2.75, 3.05) is 24.5 Å². The molecule has 5 nitrogen and oxygen atoms in total. The number of rotatable bonds is 1. The number of halogens is 1. The Hall–Kier alpha value is -1.05. The molecule has 2 aliphatic rings. The average Bonchev–Trinajstić information content (AvgIpc) is 2.73. The number of hydrogen-bond donors (Lipinski definition) is 1. The van der Waals surface area contributed by atoms with E-state index in [1.165, 1.54) is 14.8 Å². The molecule has 1 aromatic heterocycles. The van der Waals surface area contributed by atoms with Gasteiger partial charge in [0.1, 0.15) is 5.60 Å². The second-order valence-corrected chi connectivity index (χ2v) is 6.36. The minimum absolute atomic E-state index is 0.275. The largest absolute Gasteiger partial charge is 0.441 e. The summed E-state index contributed by atoms with van der Waals surface area (Å²) in [5.74, 6) is 0. The molecule has 3 rings (SSSR count). The zero-order chi connectivity index (χ0) is 13.5. The lowest BCUT2D eigenvalue weighted by molar-refractivity contribution is 0.0366. The van der Waals surface area contributed by atoms with Crippen LogP contribution < -0.4 is 10.2 Å². The molecule has 1 spiro atoms. The number of piperidine rings is 1. The molecule has 2 saturated heterocycles. The van der Waals surface area contributed by atoms with Gasteiger partial charge in [-0.3, -0.25) is 4.98 Å². The molecule has 0 atom stereocenters. The van der Waals surface area contributed by atoms with Gasteiger partial charge >= 0.3 is 6.09 Å². The van der Waals surface area contributed by atoms with Crippen molar-refractivity contribution in [1.29, 1.82) is 0 Å². The smallest absolute Gasteiger partial charge is 0.407 e. The Labute approximate surface area is 125 Å². The van der Waals surface area contributed by atoms with Gasteiger partial charge in [-0.05, 0) is 35.1 Å². The standard InChI is InChI=1S/C13H16IN3O2/c1-9-6-15-7-10(14)11(9)17-4-2-13(3-5-17)8-16-12(18)19-13/h6-7H,2-5,8H2,1H3,(H,16,18). The number of ether oxygens (including phenoxy) is 1. The first-order valence-electron chi connectivity index (χ1n) is 6.42. The Morgan fingerprint density at radius 2 is 2.16 bits per heavy atom. The zero-order valence-electron chi connectivity index (χ0n) is 10.8. The van der Waals surface area contributed by atoms with Crippen LogP contribution in [0, 0.1) is 10.5 Å². The summed E-state index contributed by atoms with van der Waals surface area (Å²) in [6.45, 7) is 4.56. The van der Waals surface area contributed by atoms with E-state index in [1.54, 1.807) is 0 Å². The van der Waals surface area contributed by atoms with Crippen molar-refractivity contribution in [3.63, 3.8) is 0 Å². The van der Waals surface area contributed by atoms with Crippen molar-refractivity contribution < 1.29 is 9.53 Å². The quantitative estimate of drug-likeness (QED) is 0.766. The number of amides is 1. The molecule has 19 heavy (non-hydrogen) atoms. The number of aryl methyl sites for hydroxylation is 1. The molecule has 0 radical (unpaired) electrons. The van der Waals surface area contributed by atoms with E-state index in [1.807, 2.05) is 12.4 Å². The SMILES string of the molecule is Cc1cncc(I)c1N1CCC2(CC1)CNC(=O)O2. The molecule has 0 aromatic carbocycles. The first kappa shape index (κ1) is 13.0. The van der Waals surface area contributed by atoms with Crippen LogP contribution in [0.1, 0.15) is 18.4 Å². The fourth-order valence-electron chi connectivity index (χ4n) is 2.84. The summed E-state index contributed by atoms with van der Waals surface area (Å²) < 4.78 is 6.62. The van der Waals surface area contributed by atoms with Crippen molar-refractivity contribution >= 4 is 34.4 Å². The summed E-state index contributed by atoms with van der Waals surface area (Å²) in [7, 11) is 0. The van der Waals surface area contributed by atoms with Crippen LogP contribution >= 0.6 is 22.6 Å². The van der Waals surface area contributed by atoms with Crippen molar-refractivity contribution in [2.45, 2.75) is 25.4 Å². The molecule has 0 bridgehead atoms. The van der Waals surface area contributed by atoms with Gasteiger partial charge in [-0.2, -0.15) is 0 Å². The van der Waals surface area contributed by atoms with Crippen molar-refractivity contribution in [3.8, 4) is 0 Å². The van der Waals surface area contributed by atoms with Crippen LogP contribution in [0.15, 0.2) is 12.4 Å². The Kier molecular flexibility index (Phi) is 3.28. The molecule has 3 heterocycles. The second-order valence-electron chi connectivity index (χ2n) is 5.20. The van der Waals surface area contributed by atoms with Crippen LogP contribution in [-0.4, -0.2) is 36.3 Å². The molecule has 6 heteroatoms. The highest BCUT2D eigenvalue weighted by molar-refractivity contribution is 14.1. The third kappa shape index (κ3) is 2.37. The molecule has 102 valence electrons. The van der Waals surface area contributed by atoms with E-state index in [0.29, 0.717) is 6.54 Å². The molecule has 1 aromatic rings. The number of nitrogens with one attached hydrogen (secondary N) is 1. The number of carbonyl (C=O) groups excluding carboxylic acids is 1. The minimum atomic E-state index is -0.278. The molecular weight excluding hydrogens is 357 g/mol. The van der Waals surface area contributed by atoms with Gasteiger partial charge < -0.3 is 15.0 Å². The fourth-order valence-corrected chi connectivity index (χ4v) is 3.77. The van der Waals surface area contributed by atoms with Crippen LogP contribution in [0.2, 0.25) is 0 Å². The Balaban J connectivity index is 1.75. The molecule has 2 aliphatic heterocycles. The lowest BCUT2D eigenvalue weighted by Crippen LogP contribution is -2.47. The summed E-state index contributed by atoms with van der Waals surface area (Å²) in [6.07, 6.45) is 5.28. The van der Waals surface area contributed by atoms with Crippen LogP contribution in [0.3, 0.4) is 0 Å². The lowest BCUT2D eigenvalue weighted by Gasteiger charge is -2.39. The summed E-state index contributed by atoms with van der Waals surface area (Å²) in [6, 6.07) is 0. The summed E-state index contributed by atoms with van der Waals surface area (Å²) in [5, 5.41) is 2.77. The Morgan fingerprint density at radius 3 is 2.74 bits per heavy atom. The molecule has 0 saturated carbocycles. The van der Waals surface area contributed by atoms with E-state index in [4.69, 9.17) is 4.74 Å². The van der Waals surface area contributed by atoms with Gasteiger partial charge in [0.15, 0.2) is 0 Å². The molecule has 0 aliphatic carbocycles. The van der Waals surface area contributed by atoms with Gasteiger partial charge in [0.2, 0.25) is 0 Å². The van der Waals surface area contributed by atoms with E-state index in [0.717, 1.165) is 25.9 Å². The zero-order valence-corrected chi connectivity index (χ0v) is 12.9. The number of alkyl carbamates (subject to hydrolysis) is 1. The highest BCUT2D eigenvalue weighted by Gasteiger charge is 2.43. The maximum absolute atomic E-state index is 11.2. The molecule has 0 unspecified atom stereocenters. The first-order valence-corrected chi connectivity index (χ1v) is 7.49. The van der Waals surface area contributed by atoms with Gasteiger partial charge in [-0.25, -0.2) is 4.79 Å². The third-order valence-corrected chi connectivity index (χ3v) is 4.70. The predicted molar refractivity (Wildman–Crippen MR) is 80.4 cm³/mol. The lowest BCUT2D eigenvalue weighted by atomic mass is 9.91. The van der Waals surface area contributed by atoms with Gasteiger partial charge in [0.25, 0.3) is 0 Å². The number of pyridine rings is 1. The van der Waals surface area contributed by atoms with Crippen LogP contribution in [0.25, 0.3) is 0 Å². The van der Waals surface area contributed by atoms with E-state index in [2.05, 4.69) is 44.7 Å². The summed E-state index contributed by atoms with van der Waals surface area (Å²) in [4.78, 5) is 17.8. The topological polar surface area (TPSA) is 54.5 Å². The van der Waals surface area contributed by atoms with Crippen molar-refractivity contribution in [3.05, 3.63) is 21.5 Å². The van der Waals surface area contributed by atoms with Crippen LogP contribution in [-0.2, 0) is 4.74 Å². The first-order chi connectivity index (χ1) is 9.10. The Morgan fingerprint density at radius 1 is 1.42 bits per heavy atom. The van der Waals surface area contributed by atoms with Crippen LogP contribution in [0.5, 0.6) is 0 Å². The minimum Gasteiger partial charge on any atom is -0.441 e. The number of carbonyl (C=O) groups is 1. The number of nitrogens with zero attached hydrogens (tertiary/aromatic N) is 2. The fraction of sp³-hybridized carbons (Fsp3) is 0.538. The van der Waals surface area contributed by atoms with Gasteiger partial charge in [-0.15, -0.1) is 0 Å². The predicted octanol–water partition coefficient (Wildman–Crippen LogP) is 2.07. The monoisotopic (exact) mass is 373 g/mol. The Bertz CT molecular complexity index is 492. The van der Waals surface area contributed by atoms with Crippen molar-refractivity contribution in [1.82, 2.24) is 10.3 Å². The van der Waals surface area contributed by atoms with Crippen molar-refractivity contribution in [2.24, 2.45) is 0 Å². The number of aromatic nitrogens is 1.